The van der Waals surface area contributed by atoms with E-state index in [-0.39, 0.29) is 11.4 Å². The lowest BCUT2D eigenvalue weighted by Crippen LogP contribution is -2.50. The summed E-state index contributed by atoms with van der Waals surface area (Å²) in [5, 5.41) is 1.71. The van der Waals surface area contributed by atoms with Crippen molar-refractivity contribution in [2.24, 2.45) is 0 Å². The lowest BCUT2D eigenvalue weighted by atomic mass is 10.1. The first-order chi connectivity index (χ1) is 15.3. The molecule has 8 nitrogen and oxygen atoms in total. The largest absolute Gasteiger partial charge is 0.475 e. The van der Waals surface area contributed by atoms with E-state index in [1.54, 1.807) is 36.4 Å². The maximum Gasteiger partial charge on any atom is 0.348 e. The summed E-state index contributed by atoms with van der Waals surface area (Å²) < 4.78 is 37.6. The smallest absolute Gasteiger partial charge is 0.348 e. The topological polar surface area (TPSA) is 93.2 Å². The Labute approximate surface area is 186 Å². The Hall–Kier alpha value is -3.43. The Morgan fingerprint density at radius 2 is 1.75 bits per heavy atom. The molecule has 0 bridgehead atoms. The van der Waals surface area contributed by atoms with Crippen LogP contribution >= 0.6 is 0 Å². The summed E-state index contributed by atoms with van der Waals surface area (Å²) in [5.41, 5.74) is 0.467. The van der Waals surface area contributed by atoms with Crippen molar-refractivity contribution in [1.29, 1.82) is 0 Å². The molecule has 1 aliphatic rings. The standard InChI is InChI=1S/C23H22N2O6S/c1-24(32(28,29)18-12-11-16-7-3-4-8-17(16)13-18)15-22(26)25-14-21(23(27)30-2)31-20-10-6-5-9-19(20)25/h3-13,21H,14-15H2,1-2H3/t21-/m0/s1. The summed E-state index contributed by atoms with van der Waals surface area (Å²) >= 11 is 0. The molecule has 0 saturated heterocycles. The summed E-state index contributed by atoms with van der Waals surface area (Å²) in [7, 11) is -1.32. The number of methoxy groups -OCH3 is 1. The number of fused-ring (bicyclic) bond motifs is 2. The molecule has 1 aliphatic heterocycles. The Kier molecular flexibility index (Phi) is 5.86. The van der Waals surface area contributed by atoms with Crippen molar-refractivity contribution in [2.75, 3.05) is 32.1 Å². The maximum absolute atomic E-state index is 13.1. The number of sulfonamides is 1. The second kappa shape index (κ2) is 8.60. The van der Waals surface area contributed by atoms with Gasteiger partial charge in [-0.2, -0.15) is 4.31 Å². The van der Waals surface area contributed by atoms with Crippen molar-refractivity contribution >= 4 is 38.4 Å². The Morgan fingerprint density at radius 1 is 1.06 bits per heavy atom. The Morgan fingerprint density at radius 3 is 2.50 bits per heavy atom. The van der Waals surface area contributed by atoms with Crippen LogP contribution in [0.3, 0.4) is 0 Å². The van der Waals surface area contributed by atoms with E-state index in [0.717, 1.165) is 15.1 Å². The molecule has 0 spiro atoms. The molecule has 1 atom stereocenters. The lowest BCUT2D eigenvalue weighted by Gasteiger charge is -2.34. The number of ether oxygens (including phenoxy) is 2. The predicted octanol–water partition coefficient (Wildman–Crippen LogP) is 2.43. The summed E-state index contributed by atoms with van der Waals surface area (Å²) in [6.45, 7) is -0.482. The van der Waals surface area contributed by atoms with Crippen molar-refractivity contribution in [3.8, 4) is 5.75 Å². The molecule has 0 aromatic heterocycles. The number of benzene rings is 3. The zero-order valence-electron chi connectivity index (χ0n) is 17.6. The van der Waals surface area contributed by atoms with Crippen LogP contribution < -0.4 is 9.64 Å². The maximum atomic E-state index is 13.1. The van der Waals surface area contributed by atoms with Gasteiger partial charge in [-0.1, -0.05) is 42.5 Å². The molecule has 0 unspecified atom stereocenters. The van der Waals surface area contributed by atoms with Crippen LogP contribution in [0.5, 0.6) is 5.75 Å². The molecule has 4 rings (SSSR count). The number of anilines is 1. The van der Waals surface area contributed by atoms with Gasteiger partial charge in [0.25, 0.3) is 0 Å². The Bertz CT molecular complexity index is 1290. The van der Waals surface area contributed by atoms with Gasteiger partial charge in [-0.25, -0.2) is 13.2 Å². The Balaban J connectivity index is 1.58. The van der Waals surface area contributed by atoms with Crippen molar-refractivity contribution in [2.45, 2.75) is 11.0 Å². The van der Waals surface area contributed by atoms with Crippen LogP contribution in [0.1, 0.15) is 0 Å². The van der Waals surface area contributed by atoms with Gasteiger partial charge < -0.3 is 14.4 Å². The van der Waals surface area contributed by atoms with E-state index in [2.05, 4.69) is 0 Å². The molecule has 3 aromatic rings. The molecular formula is C23H22N2O6S. The summed E-state index contributed by atoms with van der Waals surface area (Å²) in [4.78, 5) is 26.6. The number of carbonyl (C=O) groups is 2. The number of esters is 1. The first-order valence-corrected chi connectivity index (χ1v) is 11.3. The van der Waals surface area contributed by atoms with Crippen LogP contribution in [-0.4, -0.2) is 58.0 Å². The van der Waals surface area contributed by atoms with Crippen LogP contribution in [0, 0.1) is 0 Å². The van der Waals surface area contributed by atoms with Gasteiger partial charge in [0.1, 0.15) is 5.75 Å². The van der Waals surface area contributed by atoms with Gasteiger partial charge in [0.2, 0.25) is 22.0 Å². The number of rotatable bonds is 5. The van der Waals surface area contributed by atoms with Crippen LogP contribution in [0.25, 0.3) is 10.8 Å². The van der Waals surface area contributed by atoms with Gasteiger partial charge in [-0.15, -0.1) is 0 Å². The number of nitrogens with zero attached hydrogens (tertiary/aromatic N) is 2. The van der Waals surface area contributed by atoms with E-state index in [0.29, 0.717) is 11.4 Å². The number of amides is 1. The molecule has 0 saturated carbocycles. The average Bonchev–Trinajstić information content (AvgIpc) is 2.82. The zero-order valence-corrected chi connectivity index (χ0v) is 18.4. The van der Waals surface area contributed by atoms with Crippen molar-refractivity contribution < 1.29 is 27.5 Å². The zero-order chi connectivity index (χ0) is 22.9. The fourth-order valence-corrected chi connectivity index (χ4v) is 4.75. The highest BCUT2D eigenvalue weighted by Gasteiger charge is 2.35. The van der Waals surface area contributed by atoms with Gasteiger partial charge in [0.05, 0.1) is 30.8 Å². The average molecular weight is 455 g/mol. The third-order valence-electron chi connectivity index (χ3n) is 5.33. The normalized spacial score (nSPS) is 15.8. The van der Waals surface area contributed by atoms with Gasteiger partial charge in [0.15, 0.2) is 0 Å². The van der Waals surface area contributed by atoms with E-state index < -0.39 is 34.5 Å². The summed E-state index contributed by atoms with van der Waals surface area (Å²) in [6.07, 6.45) is -0.999. The van der Waals surface area contributed by atoms with E-state index in [1.165, 1.54) is 25.1 Å². The third kappa shape index (κ3) is 4.04. The molecule has 1 amide bonds. The van der Waals surface area contributed by atoms with Gasteiger partial charge in [0, 0.05) is 7.05 Å². The fourth-order valence-electron chi connectivity index (χ4n) is 3.59. The third-order valence-corrected chi connectivity index (χ3v) is 7.13. The highest BCUT2D eigenvalue weighted by atomic mass is 32.2. The van der Waals surface area contributed by atoms with E-state index >= 15 is 0 Å². The molecule has 3 aromatic carbocycles. The lowest BCUT2D eigenvalue weighted by molar-refractivity contribution is -0.148. The minimum Gasteiger partial charge on any atom is -0.475 e. The van der Waals surface area contributed by atoms with Crippen LogP contribution in [0.4, 0.5) is 5.69 Å². The van der Waals surface area contributed by atoms with Gasteiger partial charge >= 0.3 is 5.97 Å². The molecule has 0 radical (unpaired) electrons. The minimum absolute atomic E-state index is 0.0770. The molecule has 0 fully saturated rings. The molecule has 1 heterocycles. The summed E-state index contributed by atoms with van der Waals surface area (Å²) in [6, 6.07) is 19.1. The highest BCUT2D eigenvalue weighted by molar-refractivity contribution is 7.89. The number of carbonyl (C=O) groups excluding carboxylic acids is 2. The van der Waals surface area contributed by atoms with Crippen LogP contribution in [-0.2, 0) is 24.3 Å². The molecule has 166 valence electrons. The molecule has 0 aliphatic carbocycles. The predicted molar refractivity (Wildman–Crippen MR) is 119 cm³/mol. The molecule has 32 heavy (non-hydrogen) atoms. The van der Waals surface area contributed by atoms with Gasteiger partial charge in [-0.3, -0.25) is 4.79 Å². The number of likely N-dealkylation sites (N-methyl/N-ethyl adjacent to an activating group) is 1. The second-order valence-corrected chi connectivity index (χ2v) is 9.42. The fraction of sp³-hybridized carbons (Fsp3) is 0.217. The minimum atomic E-state index is -3.91. The molecular weight excluding hydrogens is 432 g/mol. The van der Waals surface area contributed by atoms with Crippen molar-refractivity contribution in [3.05, 3.63) is 66.7 Å². The summed E-state index contributed by atoms with van der Waals surface area (Å²) in [5.74, 6) is -0.751. The number of para-hydroxylation sites is 2. The van der Waals surface area contributed by atoms with Crippen LogP contribution in [0.15, 0.2) is 71.6 Å². The SMILES string of the molecule is COC(=O)[C@@H]1CN(C(=O)CN(C)S(=O)(=O)c2ccc3ccccc3c2)c2ccccc2O1. The van der Waals surface area contributed by atoms with E-state index in [4.69, 9.17) is 9.47 Å². The first-order valence-electron chi connectivity index (χ1n) is 9.90. The quantitative estimate of drug-likeness (QED) is 0.550. The van der Waals surface area contributed by atoms with Crippen molar-refractivity contribution in [1.82, 2.24) is 4.31 Å². The first kappa shape index (κ1) is 21.8. The van der Waals surface area contributed by atoms with Crippen LogP contribution in [0.2, 0.25) is 0 Å². The monoisotopic (exact) mass is 454 g/mol. The number of hydrogen-bond acceptors (Lipinski definition) is 6. The van der Waals surface area contributed by atoms with Gasteiger partial charge in [-0.05, 0) is 35.0 Å². The van der Waals surface area contributed by atoms with E-state index in [9.17, 15) is 18.0 Å². The van der Waals surface area contributed by atoms with Crippen molar-refractivity contribution in [3.63, 3.8) is 0 Å². The molecule has 0 N–H and O–H groups in total. The second-order valence-electron chi connectivity index (χ2n) is 7.37. The highest BCUT2D eigenvalue weighted by Crippen LogP contribution is 2.33. The molecule has 9 heteroatoms. The van der Waals surface area contributed by atoms with E-state index in [1.807, 2.05) is 24.3 Å². The number of hydrogen-bond donors (Lipinski definition) is 0.